The van der Waals surface area contributed by atoms with Gasteiger partial charge in [-0.15, -0.1) is 0 Å². The van der Waals surface area contributed by atoms with Gasteiger partial charge in [0.15, 0.2) is 0 Å². The molecule has 0 aliphatic heterocycles. The average molecular weight is 331 g/mol. The second-order valence-electron chi connectivity index (χ2n) is 5.74. The molecular formula is C18H25N3O3. The minimum Gasteiger partial charge on any atom is -0.494 e. The Morgan fingerprint density at radius 3 is 2.71 bits per heavy atom. The summed E-state index contributed by atoms with van der Waals surface area (Å²) in [5, 5.41) is 5.75. The van der Waals surface area contributed by atoms with Gasteiger partial charge >= 0.3 is 6.03 Å². The number of aryl methyl sites for hydroxylation is 1. The third kappa shape index (κ3) is 4.76. The number of hydrogen-bond donors (Lipinski definition) is 2. The Hall–Kier alpha value is -2.47. The van der Waals surface area contributed by atoms with Crippen molar-refractivity contribution in [2.75, 3.05) is 32.6 Å². The quantitative estimate of drug-likeness (QED) is 0.816. The molecule has 0 saturated carbocycles. The highest BCUT2D eigenvalue weighted by Gasteiger charge is 2.18. The van der Waals surface area contributed by atoms with Gasteiger partial charge in [-0.2, -0.15) is 0 Å². The molecular weight excluding hydrogens is 306 g/mol. The molecule has 1 aromatic heterocycles. The summed E-state index contributed by atoms with van der Waals surface area (Å²) < 4.78 is 10.9. The molecule has 1 unspecified atom stereocenters. The SMILES string of the molecule is CCOc1ccc(NC(=O)NCC(c2ccco2)N(C)C)c(C)c1. The summed E-state index contributed by atoms with van der Waals surface area (Å²) in [5.74, 6) is 1.61. The van der Waals surface area contributed by atoms with E-state index in [0.717, 1.165) is 22.8 Å². The molecule has 0 bridgehead atoms. The van der Waals surface area contributed by atoms with E-state index in [0.29, 0.717) is 13.2 Å². The molecule has 2 aromatic rings. The van der Waals surface area contributed by atoms with Crippen molar-refractivity contribution in [2.24, 2.45) is 0 Å². The maximum absolute atomic E-state index is 12.2. The number of hydrogen-bond acceptors (Lipinski definition) is 4. The van der Waals surface area contributed by atoms with Gasteiger partial charge in [-0.05, 0) is 63.8 Å². The minimum atomic E-state index is -0.249. The number of benzene rings is 1. The Kier molecular flexibility index (Phi) is 6.26. The van der Waals surface area contributed by atoms with E-state index in [1.807, 2.05) is 63.2 Å². The van der Waals surface area contributed by atoms with Crippen LogP contribution in [0.15, 0.2) is 41.0 Å². The van der Waals surface area contributed by atoms with E-state index < -0.39 is 0 Å². The van der Waals surface area contributed by atoms with Crippen LogP contribution in [0.3, 0.4) is 0 Å². The van der Waals surface area contributed by atoms with Crippen molar-refractivity contribution < 1.29 is 13.9 Å². The topological polar surface area (TPSA) is 66.7 Å². The molecule has 2 N–H and O–H groups in total. The largest absolute Gasteiger partial charge is 0.494 e. The number of amides is 2. The van der Waals surface area contributed by atoms with Crippen molar-refractivity contribution in [3.8, 4) is 5.75 Å². The molecule has 2 amide bonds. The maximum Gasteiger partial charge on any atom is 0.319 e. The molecule has 24 heavy (non-hydrogen) atoms. The lowest BCUT2D eigenvalue weighted by Crippen LogP contribution is -2.36. The fourth-order valence-electron chi connectivity index (χ4n) is 2.41. The van der Waals surface area contributed by atoms with E-state index >= 15 is 0 Å². The zero-order valence-electron chi connectivity index (χ0n) is 14.6. The molecule has 1 aromatic carbocycles. The zero-order valence-corrected chi connectivity index (χ0v) is 14.6. The van der Waals surface area contributed by atoms with Gasteiger partial charge in [0.05, 0.1) is 18.9 Å². The first kappa shape index (κ1) is 17.9. The van der Waals surface area contributed by atoms with Crippen LogP contribution in [0.4, 0.5) is 10.5 Å². The van der Waals surface area contributed by atoms with E-state index in [4.69, 9.17) is 9.15 Å². The van der Waals surface area contributed by atoms with Gasteiger partial charge < -0.3 is 19.8 Å². The zero-order chi connectivity index (χ0) is 17.5. The van der Waals surface area contributed by atoms with Crippen LogP contribution < -0.4 is 15.4 Å². The molecule has 1 heterocycles. The molecule has 2 rings (SSSR count). The summed E-state index contributed by atoms with van der Waals surface area (Å²) in [6.07, 6.45) is 1.63. The number of carbonyl (C=O) groups is 1. The van der Waals surface area contributed by atoms with E-state index in [1.54, 1.807) is 6.26 Å². The number of nitrogens with one attached hydrogen (secondary N) is 2. The van der Waals surface area contributed by atoms with Gasteiger partial charge in [-0.3, -0.25) is 4.90 Å². The Labute approximate surface area is 142 Å². The summed E-state index contributed by atoms with van der Waals surface area (Å²) >= 11 is 0. The Morgan fingerprint density at radius 2 is 2.12 bits per heavy atom. The number of nitrogens with zero attached hydrogens (tertiary/aromatic N) is 1. The number of urea groups is 1. The van der Waals surface area contributed by atoms with Crippen molar-refractivity contribution in [1.29, 1.82) is 0 Å². The number of anilines is 1. The normalized spacial score (nSPS) is 12.0. The Morgan fingerprint density at radius 1 is 1.33 bits per heavy atom. The van der Waals surface area contributed by atoms with E-state index in [-0.39, 0.29) is 12.1 Å². The summed E-state index contributed by atoms with van der Waals surface area (Å²) in [5.41, 5.74) is 1.71. The van der Waals surface area contributed by atoms with Crippen LogP contribution in [0, 0.1) is 6.92 Å². The summed E-state index contributed by atoms with van der Waals surface area (Å²) in [6, 6.07) is 9.07. The van der Waals surface area contributed by atoms with Crippen LogP contribution in [0.5, 0.6) is 5.75 Å². The van der Waals surface area contributed by atoms with Crippen molar-refractivity contribution in [1.82, 2.24) is 10.2 Å². The first-order valence-electron chi connectivity index (χ1n) is 7.99. The van der Waals surface area contributed by atoms with Gasteiger partial charge in [-0.25, -0.2) is 4.79 Å². The molecule has 1 atom stereocenters. The van der Waals surface area contributed by atoms with Gasteiger partial charge in [0.25, 0.3) is 0 Å². The molecule has 130 valence electrons. The van der Waals surface area contributed by atoms with Crippen LogP contribution in [0.25, 0.3) is 0 Å². The number of rotatable bonds is 7. The molecule has 0 saturated heterocycles. The first-order valence-corrected chi connectivity index (χ1v) is 7.99. The van der Waals surface area contributed by atoms with Gasteiger partial charge in [-0.1, -0.05) is 0 Å². The Bertz CT molecular complexity index is 654. The van der Waals surface area contributed by atoms with Crippen molar-refractivity contribution in [3.05, 3.63) is 47.9 Å². The van der Waals surface area contributed by atoms with Gasteiger partial charge in [0.2, 0.25) is 0 Å². The lowest BCUT2D eigenvalue weighted by molar-refractivity contribution is 0.233. The van der Waals surface area contributed by atoms with Gasteiger partial charge in [0.1, 0.15) is 11.5 Å². The van der Waals surface area contributed by atoms with Crippen molar-refractivity contribution >= 4 is 11.7 Å². The summed E-state index contributed by atoms with van der Waals surface area (Å²) in [4.78, 5) is 14.2. The predicted octanol–water partition coefficient (Wildman–Crippen LogP) is 3.41. The van der Waals surface area contributed by atoms with E-state index in [2.05, 4.69) is 10.6 Å². The summed E-state index contributed by atoms with van der Waals surface area (Å²) in [7, 11) is 3.90. The highest BCUT2D eigenvalue weighted by molar-refractivity contribution is 5.90. The first-order chi connectivity index (χ1) is 11.5. The van der Waals surface area contributed by atoms with Crippen LogP contribution >= 0.6 is 0 Å². The molecule has 6 heteroatoms. The molecule has 0 fully saturated rings. The minimum absolute atomic E-state index is 0.0211. The van der Waals surface area contributed by atoms with E-state index in [1.165, 1.54) is 0 Å². The predicted molar refractivity (Wildman–Crippen MR) is 94.5 cm³/mol. The number of likely N-dealkylation sites (N-methyl/N-ethyl adjacent to an activating group) is 1. The van der Waals surface area contributed by atoms with Crippen molar-refractivity contribution in [3.63, 3.8) is 0 Å². The number of carbonyl (C=O) groups excluding carboxylic acids is 1. The second-order valence-corrected chi connectivity index (χ2v) is 5.74. The smallest absolute Gasteiger partial charge is 0.319 e. The monoisotopic (exact) mass is 331 g/mol. The molecule has 0 radical (unpaired) electrons. The lowest BCUT2D eigenvalue weighted by Gasteiger charge is -2.22. The van der Waals surface area contributed by atoms with Crippen molar-refractivity contribution in [2.45, 2.75) is 19.9 Å². The Balaban J connectivity index is 1.93. The highest BCUT2D eigenvalue weighted by Crippen LogP contribution is 2.21. The molecule has 0 aliphatic carbocycles. The molecule has 0 spiro atoms. The number of ether oxygens (including phenoxy) is 1. The third-order valence-electron chi connectivity index (χ3n) is 3.71. The molecule has 0 aliphatic rings. The van der Waals surface area contributed by atoms with Crippen LogP contribution in [-0.2, 0) is 0 Å². The number of furan rings is 1. The second kappa shape index (κ2) is 8.40. The molecule has 6 nitrogen and oxygen atoms in total. The van der Waals surface area contributed by atoms with E-state index in [9.17, 15) is 4.79 Å². The summed E-state index contributed by atoms with van der Waals surface area (Å²) in [6.45, 7) is 4.94. The lowest BCUT2D eigenvalue weighted by atomic mass is 10.2. The van der Waals surface area contributed by atoms with Crippen LogP contribution in [0.1, 0.15) is 24.3 Å². The highest BCUT2D eigenvalue weighted by atomic mass is 16.5. The van der Waals surface area contributed by atoms with Gasteiger partial charge in [0, 0.05) is 12.2 Å². The standard InChI is InChI=1S/C18H25N3O3/c1-5-23-14-8-9-15(13(2)11-14)20-18(22)19-12-16(21(3)4)17-7-6-10-24-17/h6-11,16H,5,12H2,1-4H3,(H2,19,20,22). The fraction of sp³-hybridized carbons (Fsp3) is 0.389. The fourth-order valence-corrected chi connectivity index (χ4v) is 2.41. The third-order valence-corrected chi connectivity index (χ3v) is 3.71. The van der Waals surface area contributed by atoms with Crippen LogP contribution in [0.2, 0.25) is 0 Å². The average Bonchev–Trinajstić information content (AvgIpc) is 3.04. The van der Waals surface area contributed by atoms with Crippen LogP contribution in [-0.4, -0.2) is 38.2 Å². The maximum atomic E-state index is 12.2.